The van der Waals surface area contributed by atoms with E-state index in [0.29, 0.717) is 30.0 Å². The molecule has 180 valence electrons. The van der Waals surface area contributed by atoms with Gasteiger partial charge in [-0.1, -0.05) is 12.1 Å². The molecule has 1 aliphatic heterocycles. The predicted molar refractivity (Wildman–Crippen MR) is 124 cm³/mol. The summed E-state index contributed by atoms with van der Waals surface area (Å²) in [7, 11) is -5.89. The zero-order valence-corrected chi connectivity index (χ0v) is 20.5. The van der Waals surface area contributed by atoms with E-state index >= 15 is 0 Å². The largest absolute Gasteiger partial charge is 0.496 e. The average molecular weight is 496 g/mol. The van der Waals surface area contributed by atoms with Crippen LogP contribution in [0.2, 0.25) is 0 Å². The molecule has 33 heavy (non-hydrogen) atoms. The molecule has 9 nitrogen and oxygen atoms in total. The van der Waals surface area contributed by atoms with Crippen LogP contribution in [0.5, 0.6) is 5.75 Å². The van der Waals surface area contributed by atoms with Gasteiger partial charge in [0.15, 0.2) is 0 Å². The van der Waals surface area contributed by atoms with Crippen molar-refractivity contribution in [3.8, 4) is 5.75 Å². The molecular weight excluding hydrogens is 466 g/mol. The van der Waals surface area contributed by atoms with Gasteiger partial charge in [0.25, 0.3) is 0 Å². The lowest BCUT2D eigenvalue weighted by Gasteiger charge is -2.16. The molecule has 0 spiro atoms. The van der Waals surface area contributed by atoms with E-state index in [-0.39, 0.29) is 16.3 Å². The zero-order valence-electron chi connectivity index (χ0n) is 18.9. The third-order valence-electron chi connectivity index (χ3n) is 5.49. The fourth-order valence-electron chi connectivity index (χ4n) is 3.57. The minimum absolute atomic E-state index is 0.0373. The topological polar surface area (TPSA) is 122 Å². The molecule has 0 saturated carbocycles. The highest BCUT2D eigenvalue weighted by Crippen LogP contribution is 2.22. The van der Waals surface area contributed by atoms with Crippen molar-refractivity contribution in [1.82, 2.24) is 14.3 Å². The number of rotatable bonds is 9. The number of amides is 1. The highest BCUT2D eigenvalue weighted by molar-refractivity contribution is 7.89. The summed E-state index contributed by atoms with van der Waals surface area (Å²) in [5, 5.41) is 2.67. The van der Waals surface area contributed by atoms with Crippen LogP contribution in [-0.2, 0) is 31.4 Å². The second-order valence-corrected chi connectivity index (χ2v) is 11.6. The van der Waals surface area contributed by atoms with E-state index in [2.05, 4.69) is 10.0 Å². The first-order valence-electron chi connectivity index (χ1n) is 10.6. The summed E-state index contributed by atoms with van der Waals surface area (Å²) in [6, 6.07) is 9.76. The van der Waals surface area contributed by atoms with Gasteiger partial charge < -0.3 is 10.1 Å². The number of nitrogens with one attached hydrogen (secondary N) is 2. The first-order chi connectivity index (χ1) is 15.5. The highest BCUT2D eigenvalue weighted by atomic mass is 32.2. The highest BCUT2D eigenvalue weighted by Gasteiger charge is 2.27. The molecule has 1 saturated heterocycles. The Bertz CT molecular complexity index is 1210. The summed E-state index contributed by atoms with van der Waals surface area (Å²) in [5.74, 6) is 0.0663. The number of sulfonamides is 2. The summed E-state index contributed by atoms with van der Waals surface area (Å²) in [6.07, 6.45) is 1.73. The summed E-state index contributed by atoms with van der Waals surface area (Å²) in [6.45, 7) is 4.38. The van der Waals surface area contributed by atoms with E-state index in [0.717, 1.165) is 12.8 Å². The average Bonchev–Trinajstić information content (AvgIpc) is 3.33. The Labute approximate surface area is 195 Å². The van der Waals surface area contributed by atoms with Gasteiger partial charge in [-0.15, -0.1) is 0 Å². The van der Waals surface area contributed by atoms with Crippen LogP contribution in [0.25, 0.3) is 0 Å². The van der Waals surface area contributed by atoms with E-state index in [1.807, 2.05) is 0 Å². The third kappa shape index (κ3) is 5.91. The van der Waals surface area contributed by atoms with E-state index in [1.165, 1.54) is 42.6 Å². The standard InChI is InChI=1S/C22H29N3O6S2/c1-16-14-20(10-11-21(16)31-3)32(27,28)24-17(2)22(26)23-15-18-6-8-19(9-7-18)33(29,30)25-12-4-5-13-25/h6-11,14,17,24H,4-5,12-13,15H2,1-3H3,(H,23,26)/t17-/m1/s1. The fraction of sp³-hybridized carbons (Fsp3) is 0.409. The lowest BCUT2D eigenvalue weighted by atomic mass is 10.2. The maximum absolute atomic E-state index is 12.6. The van der Waals surface area contributed by atoms with Crippen LogP contribution in [0.1, 0.15) is 30.9 Å². The van der Waals surface area contributed by atoms with Crippen LogP contribution in [-0.4, -0.2) is 53.3 Å². The number of carbonyl (C=O) groups is 1. The maximum Gasteiger partial charge on any atom is 0.243 e. The fourth-order valence-corrected chi connectivity index (χ4v) is 6.38. The van der Waals surface area contributed by atoms with Crippen LogP contribution in [0, 0.1) is 6.92 Å². The molecule has 1 amide bonds. The van der Waals surface area contributed by atoms with Gasteiger partial charge in [0.2, 0.25) is 26.0 Å². The molecule has 1 aliphatic rings. The molecule has 1 heterocycles. The molecule has 0 radical (unpaired) electrons. The van der Waals surface area contributed by atoms with Crippen LogP contribution in [0.15, 0.2) is 52.3 Å². The minimum Gasteiger partial charge on any atom is -0.496 e. The van der Waals surface area contributed by atoms with Gasteiger partial charge in [0.1, 0.15) is 5.75 Å². The van der Waals surface area contributed by atoms with Crippen molar-refractivity contribution in [2.75, 3.05) is 20.2 Å². The maximum atomic E-state index is 12.6. The number of carbonyl (C=O) groups excluding carboxylic acids is 1. The molecule has 2 N–H and O–H groups in total. The quantitative estimate of drug-likeness (QED) is 0.547. The van der Waals surface area contributed by atoms with Crippen molar-refractivity contribution in [3.05, 3.63) is 53.6 Å². The van der Waals surface area contributed by atoms with Crippen molar-refractivity contribution in [1.29, 1.82) is 0 Å². The number of benzene rings is 2. The molecule has 1 fully saturated rings. The number of aryl methyl sites for hydroxylation is 1. The van der Waals surface area contributed by atoms with Gasteiger partial charge in [-0.25, -0.2) is 16.8 Å². The first-order valence-corrected chi connectivity index (χ1v) is 13.5. The van der Waals surface area contributed by atoms with Gasteiger partial charge >= 0.3 is 0 Å². The molecule has 2 aromatic rings. The second kappa shape index (κ2) is 10.2. The summed E-state index contributed by atoms with van der Waals surface area (Å²) >= 11 is 0. The first kappa shape index (κ1) is 25.2. The SMILES string of the molecule is COc1ccc(S(=O)(=O)N[C@H](C)C(=O)NCc2ccc(S(=O)(=O)N3CCCC3)cc2)cc1C. The molecule has 0 aliphatic carbocycles. The molecule has 0 bridgehead atoms. The van der Waals surface area contributed by atoms with Gasteiger partial charge in [0, 0.05) is 19.6 Å². The van der Waals surface area contributed by atoms with Crippen LogP contribution in [0.3, 0.4) is 0 Å². The summed E-state index contributed by atoms with van der Waals surface area (Å²) in [4.78, 5) is 12.7. The predicted octanol–water partition coefficient (Wildman–Crippen LogP) is 1.77. The molecule has 3 rings (SSSR count). The molecule has 0 aromatic heterocycles. The van der Waals surface area contributed by atoms with Gasteiger partial charge in [0.05, 0.1) is 22.9 Å². The Morgan fingerprint density at radius 2 is 1.64 bits per heavy atom. The molecule has 0 unspecified atom stereocenters. The smallest absolute Gasteiger partial charge is 0.243 e. The van der Waals surface area contributed by atoms with E-state index in [4.69, 9.17) is 4.74 Å². The number of ether oxygens (including phenoxy) is 1. The lowest BCUT2D eigenvalue weighted by molar-refractivity contribution is -0.122. The minimum atomic E-state index is -3.90. The normalized spacial score (nSPS) is 15.8. The van der Waals surface area contributed by atoms with Gasteiger partial charge in [-0.2, -0.15) is 9.03 Å². The van der Waals surface area contributed by atoms with Gasteiger partial charge in [-0.05, 0) is 68.1 Å². The summed E-state index contributed by atoms with van der Waals surface area (Å²) in [5.41, 5.74) is 1.36. The monoisotopic (exact) mass is 495 g/mol. The van der Waals surface area contributed by atoms with Gasteiger partial charge in [-0.3, -0.25) is 4.79 Å². The number of hydrogen-bond acceptors (Lipinski definition) is 6. The second-order valence-electron chi connectivity index (χ2n) is 7.95. The Hall–Kier alpha value is -2.47. The van der Waals surface area contributed by atoms with E-state index in [9.17, 15) is 21.6 Å². The van der Waals surface area contributed by atoms with Crippen molar-refractivity contribution in [3.63, 3.8) is 0 Å². The van der Waals surface area contributed by atoms with E-state index < -0.39 is 32.0 Å². The van der Waals surface area contributed by atoms with Crippen LogP contribution < -0.4 is 14.8 Å². The van der Waals surface area contributed by atoms with Crippen molar-refractivity contribution in [2.45, 2.75) is 49.1 Å². The molecular formula is C22H29N3O6S2. The molecule has 11 heteroatoms. The van der Waals surface area contributed by atoms with Crippen LogP contribution >= 0.6 is 0 Å². The number of hydrogen-bond donors (Lipinski definition) is 2. The molecule has 2 aromatic carbocycles. The van der Waals surface area contributed by atoms with Crippen molar-refractivity contribution < 1.29 is 26.4 Å². The van der Waals surface area contributed by atoms with Crippen molar-refractivity contribution in [2.24, 2.45) is 0 Å². The zero-order chi connectivity index (χ0) is 24.2. The number of methoxy groups -OCH3 is 1. The van der Waals surface area contributed by atoms with Crippen molar-refractivity contribution >= 4 is 26.0 Å². The van der Waals surface area contributed by atoms with E-state index in [1.54, 1.807) is 25.1 Å². The Morgan fingerprint density at radius 1 is 1.03 bits per heavy atom. The molecule has 1 atom stereocenters. The number of nitrogens with zero attached hydrogens (tertiary/aromatic N) is 1. The Kier molecular flexibility index (Phi) is 7.78. The Balaban J connectivity index is 1.58. The van der Waals surface area contributed by atoms with Crippen LogP contribution in [0.4, 0.5) is 0 Å². The summed E-state index contributed by atoms with van der Waals surface area (Å²) < 4.78 is 59.4. The lowest BCUT2D eigenvalue weighted by Crippen LogP contribution is -2.44. The third-order valence-corrected chi connectivity index (χ3v) is 8.95. The Morgan fingerprint density at radius 3 is 2.21 bits per heavy atom.